The predicted octanol–water partition coefficient (Wildman–Crippen LogP) is 5.17. The van der Waals surface area contributed by atoms with Gasteiger partial charge in [-0.3, -0.25) is 4.79 Å². The number of nitrogens with zero attached hydrogens (tertiary/aromatic N) is 1. The second kappa shape index (κ2) is 11.3. The average Bonchev–Trinajstić information content (AvgIpc) is 2.85. The molecule has 0 radical (unpaired) electrons. The molecular weight excluding hydrogens is 432 g/mol. The van der Waals surface area contributed by atoms with Gasteiger partial charge in [0.2, 0.25) is 0 Å². The van der Waals surface area contributed by atoms with Gasteiger partial charge < -0.3 is 19.5 Å². The standard InChI is InChI=1S/C27H24N2O5/c1-4-33-25-16-19(15-21(17-28)26(30)29-23-8-6-5-7-18(23)2)9-14-24(25)34-27(31)20-10-12-22(32-3)13-11-20/h5-16H,4H2,1-3H3,(H,29,30)/b21-15+. The monoisotopic (exact) mass is 456 g/mol. The zero-order chi connectivity index (χ0) is 24.5. The summed E-state index contributed by atoms with van der Waals surface area (Å²) in [4.78, 5) is 25.2. The molecule has 0 heterocycles. The van der Waals surface area contributed by atoms with Gasteiger partial charge in [-0.1, -0.05) is 24.3 Å². The predicted molar refractivity (Wildman–Crippen MR) is 129 cm³/mol. The Hall–Kier alpha value is -4.57. The number of rotatable bonds is 8. The van der Waals surface area contributed by atoms with Gasteiger partial charge in [0.05, 0.1) is 19.3 Å². The van der Waals surface area contributed by atoms with E-state index in [4.69, 9.17) is 14.2 Å². The number of hydrogen-bond acceptors (Lipinski definition) is 6. The topological polar surface area (TPSA) is 97.6 Å². The number of ether oxygens (including phenoxy) is 3. The fourth-order valence-corrected chi connectivity index (χ4v) is 3.07. The molecule has 0 aliphatic rings. The second-order valence-electron chi connectivity index (χ2n) is 7.20. The highest BCUT2D eigenvalue weighted by atomic mass is 16.6. The first-order valence-corrected chi connectivity index (χ1v) is 10.6. The van der Waals surface area contributed by atoms with Crippen LogP contribution in [0.1, 0.15) is 28.4 Å². The molecule has 172 valence electrons. The maximum Gasteiger partial charge on any atom is 0.343 e. The fraction of sp³-hybridized carbons (Fsp3) is 0.148. The molecule has 1 N–H and O–H groups in total. The van der Waals surface area contributed by atoms with E-state index in [2.05, 4.69) is 5.32 Å². The number of hydrogen-bond donors (Lipinski definition) is 1. The first kappa shape index (κ1) is 24.1. The van der Waals surface area contributed by atoms with Gasteiger partial charge in [-0.25, -0.2) is 4.79 Å². The quantitative estimate of drug-likeness (QED) is 0.217. The fourth-order valence-electron chi connectivity index (χ4n) is 3.07. The number of nitriles is 1. The Kier molecular flexibility index (Phi) is 8.03. The van der Waals surface area contributed by atoms with Crippen molar-refractivity contribution in [2.45, 2.75) is 13.8 Å². The van der Waals surface area contributed by atoms with Crippen molar-refractivity contribution >= 4 is 23.6 Å². The Morgan fingerprint density at radius 3 is 2.41 bits per heavy atom. The Labute approximate surface area is 198 Å². The van der Waals surface area contributed by atoms with Crippen molar-refractivity contribution in [2.24, 2.45) is 0 Å². The number of esters is 1. The molecule has 3 rings (SSSR count). The van der Waals surface area contributed by atoms with Crippen molar-refractivity contribution in [1.29, 1.82) is 5.26 Å². The van der Waals surface area contributed by atoms with Gasteiger partial charge >= 0.3 is 5.97 Å². The summed E-state index contributed by atoms with van der Waals surface area (Å²) in [7, 11) is 1.54. The van der Waals surface area contributed by atoms with Crippen LogP contribution in [0.25, 0.3) is 6.08 Å². The summed E-state index contributed by atoms with van der Waals surface area (Å²) in [6, 6.07) is 20.6. The first-order chi connectivity index (χ1) is 16.4. The van der Waals surface area contributed by atoms with Crippen LogP contribution >= 0.6 is 0 Å². The largest absolute Gasteiger partial charge is 0.497 e. The molecule has 0 aromatic heterocycles. The molecule has 0 bridgehead atoms. The van der Waals surface area contributed by atoms with Crippen LogP contribution < -0.4 is 19.5 Å². The lowest BCUT2D eigenvalue weighted by atomic mass is 10.1. The minimum absolute atomic E-state index is 0.0753. The van der Waals surface area contributed by atoms with Crippen molar-refractivity contribution in [3.05, 3.63) is 89.0 Å². The zero-order valence-electron chi connectivity index (χ0n) is 19.1. The summed E-state index contributed by atoms with van der Waals surface area (Å²) < 4.78 is 16.2. The van der Waals surface area contributed by atoms with Crippen molar-refractivity contribution in [3.63, 3.8) is 0 Å². The van der Waals surface area contributed by atoms with Crippen molar-refractivity contribution in [3.8, 4) is 23.3 Å². The molecule has 7 nitrogen and oxygen atoms in total. The number of aryl methyl sites for hydroxylation is 1. The molecule has 1 amide bonds. The Morgan fingerprint density at radius 1 is 1.03 bits per heavy atom. The number of nitrogens with one attached hydrogen (secondary N) is 1. The summed E-state index contributed by atoms with van der Waals surface area (Å²) in [5.41, 5.74) is 2.34. The van der Waals surface area contributed by atoms with Crippen LogP contribution in [0.4, 0.5) is 5.69 Å². The van der Waals surface area contributed by atoms with Crippen LogP contribution in [-0.4, -0.2) is 25.6 Å². The summed E-state index contributed by atoms with van der Waals surface area (Å²) in [5.74, 6) is 0.0897. The molecule has 3 aromatic rings. The summed E-state index contributed by atoms with van der Waals surface area (Å²) in [6.07, 6.45) is 1.45. The van der Waals surface area contributed by atoms with Crippen LogP contribution in [0, 0.1) is 18.3 Å². The van der Waals surface area contributed by atoms with E-state index in [-0.39, 0.29) is 11.3 Å². The van der Waals surface area contributed by atoms with Crippen molar-refractivity contribution in [1.82, 2.24) is 0 Å². The number of carbonyl (C=O) groups excluding carboxylic acids is 2. The molecule has 0 fully saturated rings. The summed E-state index contributed by atoms with van der Waals surface area (Å²) in [6.45, 7) is 4.00. The summed E-state index contributed by atoms with van der Waals surface area (Å²) >= 11 is 0. The lowest BCUT2D eigenvalue weighted by Crippen LogP contribution is -2.14. The lowest BCUT2D eigenvalue weighted by molar-refractivity contribution is -0.112. The Morgan fingerprint density at radius 2 is 1.76 bits per heavy atom. The number of anilines is 1. The van der Waals surface area contributed by atoms with Crippen LogP contribution in [-0.2, 0) is 4.79 Å². The molecule has 0 saturated heterocycles. The van der Waals surface area contributed by atoms with Gasteiger partial charge in [0.15, 0.2) is 11.5 Å². The molecule has 0 saturated carbocycles. The van der Waals surface area contributed by atoms with Crippen LogP contribution in [0.15, 0.2) is 72.3 Å². The van der Waals surface area contributed by atoms with Gasteiger partial charge in [0.1, 0.15) is 17.4 Å². The SMILES string of the molecule is CCOc1cc(/C=C(\C#N)C(=O)Nc2ccccc2C)ccc1OC(=O)c1ccc(OC)cc1. The van der Waals surface area contributed by atoms with Gasteiger partial charge in [0, 0.05) is 5.69 Å². The summed E-state index contributed by atoms with van der Waals surface area (Å²) in [5, 5.41) is 12.3. The van der Waals surface area contributed by atoms with E-state index in [1.54, 1.807) is 68.6 Å². The van der Waals surface area contributed by atoms with Gasteiger partial charge in [-0.15, -0.1) is 0 Å². The number of carbonyl (C=O) groups is 2. The maximum atomic E-state index is 12.6. The van der Waals surface area contributed by atoms with E-state index >= 15 is 0 Å². The lowest BCUT2D eigenvalue weighted by Gasteiger charge is -2.12. The van der Waals surface area contributed by atoms with Gasteiger partial charge in [0.25, 0.3) is 5.91 Å². The van der Waals surface area contributed by atoms with Crippen LogP contribution in [0.3, 0.4) is 0 Å². The minimum atomic E-state index is -0.553. The second-order valence-corrected chi connectivity index (χ2v) is 7.20. The van der Waals surface area contributed by atoms with E-state index in [9.17, 15) is 14.9 Å². The highest BCUT2D eigenvalue weighted by molar-refractivity contribution is 6.10. The van der Waals surface area contributed by atoms with Crippen molar-refractivity contribution in [2.75, 3.05) is 19.0 Å². The van der Waals surface area contributed by atoms with E-state index < -0.39 is 11.9 Å². The third-order valence-electron chi connectivity index (χ3n) is 4.87. The molecule has 0 unspecified atom stereocenters. The minimum Gasteiger partial charge on any atom is -0.497 e. The molecule has 7 heteroatoms. The third kappa shape index (κ3) is 6.02. The first-order valence-electron chi connectivity index (χ1n) is 10.6. The van der Waals surface area contributed by atoms with Gasteiger partial charge in [-0.05, 0) is 73.5 Å². The Bertz CT molecular complexity index is 1260. The number of benzene rings is 3. The molecule has 0 aliphatic heterocycles. The Balaban J connectivity index is 1.82. The van der Waals surface area contributed by atoms with Gasteiger partial charge in [-0.2, -0.15) is 5.26 Å². The maximum absolute atomic E-state index is 12.6. The smallest absolute Gasteiger partial charge is 0.343 e. The number of para-hydroxylation sites is 1. The van der Waals surface area contributed by atoms with E-state index in [1.165, 1.54) is 6.08 Å². The van der Waals surface area contributed by atoms with E-state index in [1.807, 2.05) is 25.1 Å². The highest BCUT2D eigenvalue weighted by Crippen LogP contribution is 2.30. The van der Waals surface area contributed by atoms with E-state index in [0.717, 1.165) is 5.56 Å². The molecule has 3 aromatic carbocycles. The van der Waals surface area contributed by atoms with Crippen LogP contribution in [0.2, 0.25) is 0 Å². The molecule has 0 spiro atoms. The van der Waals surface area contributed by atoms with Crippen molar-refractivity contribution < 1.29 is 23.8 Å². The molecule has 34 heavy (non-hydrogen) atoms. The molecule has 0 atom stereocenters. The third-order valence-corrected chi connectivity index (χ3v) is 4.87. The normalized spacial score (nSPS) is 10.7. The number of amides is 1. The zero-order valence-corrected chi connectivity index (χ0v) is 19.1. The van der Waals surface area contributed by atoms with E-state index in [0.29, 0.717) is 34.9 Å². The molecular formula is C27H24N2O5. The highest BCUT2D eigenvalue weighted by Gasteiger charge is 2.15. The number of methoxy groups -OCH3 is 1. The average molecular weight is 456 g/mol. The van der Waals surface area contributed by atoms with Crippen LogP contribution in [0.5, 0.6) is 17.2 Å². The molecule has 0 aliphatic carbocycles.